The Hall–Kier alpha value is -1.14. The minimum atomic E-state index is -0.890. The van der Waals surface area contributed by atoms with Crippen LogP contribution >= 0.6 is 11.6 Å². The lowest BCUT2D eigenvalue weighted by Crippen LogP contribution is -2.14. The summed E-state index contributed by atoms with van der Waals surface area (Å²) in [5.41, 5.74) is 7.00. The molecule has 0 spiro atoms. The molecule has 0 saturated heterocycles. The van der Waals surface area contributed by atoms with Crippen molar-refractivity contribution in [3.8, 4) is 0 Å². The number of nitrogens with zero attached hydrogens (tertiary/aromatic N) is 2. The Labute approximate surface area is 118 Å². The van der Waals surface area contributed by atoms with Crippen LogP contribution < -0.4 is 5.73 Å². The van der Waals surface area contributed by atoms with E-state index in [-0.39, 0.29) is 10.3 Å². The lowest BCUT2D eigenvalue weighted by molar-refractivity contribution is 0.621. The van der Waals surface area contributed by atoms with Crippen molar-refractivity contribution in [1.82, 2.24) is 9.55 Å². The number of nitrogen functional groups attached to an aromatic ring is 1. The Morgan fingerprint density at radius 2 is 2.26 bits per heavy atom. The van der Waals surface area contributed by atoms with E-state index in [1.807, 2.05) is 6.92 Å². The van der Waals surface area contributed by atoms with Gasteiger partial charge in [0, 0.05) is 34.9 Å². The van der Waals surface area contributed by atoms with Gasteiger partial charge in [-0.05, 0) is 12.5 Å². The Morgan fingerprint density at radius 1 is 1.58 bits per heavy atom. The van der Waals surface area contributed by atoms with Crippen molar-refractivity contribution in [2.45, 2.75) is 25.1 Å². The second-order valence-corrected chi connectivity index (χ2v) is 6.68. The maximum absolute atomic E-state index is 13.5. The van der Waals surface area contributed by atoms with Gasteiger partial charge in [-0.2, -0.15) is 0 Å². The van der Waals surface area contributed by atoms with Gasteiger partial charge in [0.05, 0.1) is 16.1 Å². The first kappa shape index (κ1) is 14.3. The molecule has 0 saturated carbocycles. The molecule has 0 radical (unpaired) electrons. The molecule has 0 aliphatic rings. The van der Waals surface area contributed by atoms with E-state index < -0.39 is 16.6 Å². The van der Waals surface area contributed by atoms with E-state index in [0.717, 1.165) is 0 Å². The number of anilines is 1. The number of fused-ring (bicyclic) bond motifs is 1. The molecule has 2 unspecified atom stereocenters. The van der Waals surface area contributed by atoms with Crippen molar-refractivity contribution in [2.75, 3.05) is 12.0 Å². The molecule has 2 atom stereocenters. The molecular weight excluding hydrogens is 289 g/mol. The Bertz CT molecular complexity index is 643. The van der Waals surface area contributed by atoms with E-state index in [2.05, 4.69) is 4.98 Å². The highest BCUT2D eigenvalue weighted by molar-refractivity contribution is 7.84. The van der Waals surface area contributed by atoms with E-state index in [1.165, 1.54) is 12.1 Å². The zero-order valence-corrected chi connectivity index (χ0v) is 12.3. The maximum Gasteiger partial charge on any atom is 0.201 e. The zero-order chi connectivity index (χ0) is 14.2. The second-order valence-electron chi connectivity index (χ2n) is 4.47. The first-order chi connectivity index (χ1) is 8.90. The summed E-state index contributed by atoms with van der Waals surface area (Å²) in [5, 5.41) is 0.0779. The first-order valence-corrected chi connectivity index (χ1v) is 7.83. The smallest absolute Gasteiger partial charge is 0.201 e. The van der Waals surface area contributed by atoms with E-state index in [4.69, 9.17) is 17.3 Å². The third-order valence-corrected chi connectivity index (χ3v) is 4.80. The van der Waals surface area contributed by atoms with Gasteiger partial charge in [-0.1, -0.05) is 18.5 Å². The first-order valence-electron chi connectivity index (χ1n) is 5.83. The number of hydrogen-bond acceptors (Lipinski definition) is 3. The van der Waals surface area contributed by atoms with Crippen molar-refractivity contribution in [1.29, 1.82) is 0 Å². The third-order valence-electron chi connectivity index (χ3n) is 3.15. The second kappa shape index (κ2) is 5.46. The molecule has 4 nitrogen and oxygen atoms in total. The van der Waals surface area contributed by atoms with Crippen LogP contribution in [0.15, 0.2) is 12.1 Å². The van der Waals surface area contributed by atoms with E-state index in [0.29, 0.717) is 29.9 Å². The monoisotopic (exact) mass is 303 g/mol. The number of nitrogens with two attached hydrogens (primary N) is 1. The van der Waals surface area contributed by atoms with Gasteiger partial charge in [0.15, 0.2) is 0 Å². The summed E-state index contributed by atoms with van der Waals surface area (Å²) in [6.45, 7) is 2.45. The number of halogens is 2. The molecule has 0 bridgehead atoms. The maximum atomic E-state index is 13.5. The van der Waals surface area contributed by atoms with Gasteiger partial charge in [0.25, 0.3) is 0 Å². The highest BCUT2D eigenvalue weighted by Gasteiger charge is 2.13. The van der Waals surface area contributed by atoms with Gasteiger partial charge < -0.3 is 10.3 Å². The van der Waals surface area contributed by atoms with Crippen LogP contribution in [0.25, 0.3) is 11.0 Å². The number of aryl methyl sites for hydroxylation is 1. The number of aromatic nitrogens is 2. The molecule has 7 heteroatoms. The highest BCUT2D eigenvalue weighted by Crippen LogP contribution is 2.25. The molecule has 0 amide bonds. The van der Waals surface area contributed by atoms with Crippen LogP contribution in [0.3, 0.4) is 0 Å². The molecule has 2 aromatic rings. The van der Waals surface area contributed by atoms with Crippen LogP contribution in [-0.2, 0) is 17.3 Å². The van der Waals surface area contributed by atoms with E-state index in [1.54, 1.807) is 10.8 Å². The van der Waals surface area contributed by atoms with Crippen LogP contribution in [-0.4, -0.2) is 25.3 Å². The minimum Gasteiger partial charge on any atom is -0.369 e. The number of benzene rings is 1. The normalized spacial score (nSPS) is 14.7. The molecule has 19 heavy (non-hydrogen) atoms. The molecule has 104 valence electrons. The predicted molar refractivity (Wildman–Crippen MR) is 77.3 cm³/mol. The average Bonchev–Trinajstić information content (AvgIpc) is 2.62. The van der Waals surface area contributed by atoms with Crippen LogP contribution in [0.5, 0.6) is 0 Å². The largest absolute Gasteiger partial charge is 0.369 e. The fraction of sp³-hybridized carbons (Fsp3) is 0.417. The number of hydrogen-bond donors (Lipinski definition) is 1. The molecule has 0 fully saturated rings. The summed E-state index contributed by atoms with van der Waals surface area (Å²) in [6, 6.07) is 2.79. The Kier molecular flexibility index (Phi) is 4.10. The topological polar surface area (TPSA) is 60.9 Å². The van der Waals surface area contributed by atoms with Crippen molar-refractivity contribution in [2.24, 2.45) is 0 Å². The summed E-state index contributed by atoms with van der Waals surface area (Å²) in [5.74, 6) is -0.187. The van der Waals surface area contributed by atoms with Crippen molar-refractivity contribution >= 4 is 39.4 Å². The van der Waals surface area contributed by atoms with Crippen molar-refractivity contribution in [3.05, 3.63) is 23.0 Å². The van der Waals surface area contributed by atoms with Crippen LogP contribution in [0.2, 0.25) is 5.02 Å². The van der Waals surface area contributed by atoms with Gasteiger partial charge in [-0.25, -0.2) is 9.37 Å². The molecule has 0 aliphatic heterocycles. The summed E-state index contributed by atoms with van der Waals surface area (Å²) in [6.07, 6.45) is 2.35. The minimum absolute atomic E-state index is 0.0279. The molecular formula is C12H15ClFN3OS. The van der Waals surface area contributed by atoms with E-state index in [9.17, 15) is 8.60 Å². The molecule has 2 N–H and O–H groups in total. The SMILES string of the molecule is CC(CCn1c(N)nc2cc(Cl)c(F)cc21)S(C)=O. The standard InChI is InChI=1S/C12H15ClFN3OS/c1-7(19(2)18)3-4-17-11-6-9(14)8(13)5-10(11)16-12(17)15/h5-7H,3-4H2,1-2H3,(H2,15,16). The molecule has 1 aromatic heterocycles. The molecule has 1 heterocycles. The summed E-state index contributed by atoms with van der Waals surface area (Å²) in [7, 11) is -0.890. The lowest BCUT2D eigenvalue weighted by atomic mass is 10.3. The summed E-state index contributed by atoms with van der Waals surface area (Å²) in [4.78, 5) is 4.15. The molecule has 1 aromatic carbocycles. The van der Waals surface area contributed by atoms with Gasteiger partial charge in [-0.3, -0.25) is 4.21 Å². The van der Waals surface area contributed by atoms with Gasteiger partial charge in [0.1, 0.15) is 5.82 Å². The fourth-order valence-electron chi connectivity index (χ4n) is 1.85. The van der Waals surface area contributed by atoms with Crippen LogP contribution in [0.1, 0.15) is 13.3 Å². The predicted octanol–water partition coefficient (Wildman–Crippen LogP) is 2.57. The average molecular weight is 304 g/mol. The quantitative estimate of drug-likeness (QED) is 0.944. The summed E-state index contributed by atoms with van der Waals surface area (Å²) >= 11 is 5.71. The highest BCUT2D eigenvalue weighted by atomic mass is 35.5. The third kappa shape index (κ3) is 2.90. The van der Waals surface area contributed by atoms with Gasteiger partial charge in [0.2, 0.25) is 5.95 Å². The number of imidazole rings is 1. The number of rotatable bonds is 4. The summed E-state index contributed by atoms with van der Waals surface area (Å²) < 4.78 is 26.6. The Morgan fingerprint density at radius 3 is 2.89 bits per heavy atom. The molecule has 0 aliphatic carbocycles. The Balaban J connectivity index is 2.35. The van der Waals surface area contributed by atoms with Gasteiger partial charge in [-0.15, -0.1) is 0 Å². The lowest BCUT2D eigenvalue weighted by Gasteiger charge is -2.10. The van der Waals surface area contributed by atoms with Crippen molar-refractivity contribution in [3.63, 3.8) is 0 Å². The van der Waals surface area contributed by atoms with Crippen molar-refractivity contribution < 1.29 is 8.60 Å². The zero-order valence-electron chi connectivity index (χ0n) is 10.7. The van der Waals surface area contributed by atoms with Gasteiger partial charge >= 0.3 is 0 Å². The fourth-order valence-corrected chi connectivity index (χ4v) is 2.45. The van der Waals surface area contributed by atoms with Crippen LogP contribution in [0.4, 0.5) is 10.3 Å². The van der Waals surface area contributed by atoms with E-state index >= 15 is 0 Å². The van der Waals surface area contributed by atoms with Crippen LogP contribution in [0, 0.1) is 5.82 Å². The molecule has 2 rings (SSSR count).